The van der Waals surface area contributed by atoms with Crippen LogP contribution in [0.2, 0.25) is 0 Å². The number of hydrogen-bond donors (Lipinski definition) is 0. The van der Waals surface area contributed by atoms with Gasteiger partial charge in [0, 0.05) is 41.2 Å². The molecule has 8 heteroatoms. The fourth-order valence-corrected chi connectivity index (χ4v) is 6.24. The molecule has 0 saturated carbocycles. The Balaban J connectivity index is 1.47. The number of carbonyl (C=O) groups excluding carboxylic acids is 1. The summed E-state index contributed by atoms with van der Waals surface area (Å²) in [4.78, 5) is 13.6. The van der Waals surface area contributed by atoms with Gasteiger partial charge in [-0.2, -0.15) is 5.10 Å². The second-order valence-corrected chi connectivity index (χ2v) is 10.6. The maximum absolute atomic E-state index is 16.1. The van der Waals surface area contributed by atoms with Gasteiger partial charge in [0.15, 0.2) is 0 Å². The van der Waals surface area contributed by atoms with Gasteiger partial charge in [0.25, 0.3) is 0 Å². The van der Waals surface area contributed by atoms with Crippen molar-refractivity contribution in [3.05, 3.63) is 95.2 Å². The van der Waals surface area contributed by atoms with Crippen LogP contribution in [-0.2, 0) is 42.5 Å². The van der Waals surface area contributed by atoms with Crippen LogP contribution in [0.4, 0.5) is 4.39 Å². The molecule has 1 aliphatic heterocycles. The van der Waals surface area contributed by atoms with E-state index in [0.717, 1.165) is 38.7 Å². The van der Waals surface area contributed by atoms with E-state index in [1.807, 2.05) is 55.0 Å². The highest BCUT2D eigenvalue weighted by Gasteiger charge is 2.30. The van der Waals surface area contributed by atoms with E-state index in [1.54, 1.807) is 17.7 Å². The Morgan fingerprint density at radius 2 is 1.86 bits per heavy atom. The van der Waals surface area contributed by atoms with Gasteiger partial charge in [-0.05, 0) is 55.3 Å². The van der Waals surface area contributed by atoms with Crippen LogP contribution < -0.4 is 4.74 Å². The summed E-state index contributed by atoms with van der Waals surface area (Å²) >= 11 is 0. The number of carbonyl (C=O) groups is 1. The van der Waals surface area contributed by atoms with E-state index >= 15 is 4.39 Å². The number of aromatic nitrogens is 3. The normalized spacial score (nSPS) is 14.0. The molecule has 0 bridgehead atoms. The summed E-state index contributed by atoms with van der Waals surface area (Å²) in [6.45, 7) is 5.54. The highest BCUT2D eigenvalue weighted by atomic mass is 19.1. The van der Waals surface area contributed by atoms with Gasteiger partial charge < -0.3 is 18.8 Å². The number of benzene rings is 3. The molecule has 2 aromatic heterocycles. The smallest absolute Gasteiger partial charge is 0.355 e. The Bertz CT molecular complexity index is 1830. The zero-order valence-electron chi connectivity index (χ0n) is 24.9. The van der Waals surface area contributed by atoms with E-state index in [9.17, 15) is 4.79 Å². The molecule has 0 fully saturated rings. The van der Waals surface area contributed by atoms with Gasteiger partial charge >= 0.3 is 5.97 Å². The minimum atomic E-state index is -0.420. The molecule has 0 spiro atoms. The van der Waals surface area contributed by atoms with Crippen LogP contribution in [0.15, 0.2) is 66.7 Å². The summed E-state index contributed by atoms with van der Waals surface area (Å²) in [5, 5.41) is 7.73. The number of esters is 1. The van der Waals surface area contributed by atoms with Crippen molar-refractivity contribution in [2.45, 2.75) is 46.3 Å². The topological polar surface area (TPSA) is 67.5 Å². The SMILES string of the molecule is CCOC(=O)c1c(CCCOc2cccc3ccccc23)c2ccc(F)c3c2n1C/C=C\COCc1nn(C)c(CC)c1-3. The van der Waals surface area contributed by atoms with Crippen molar-refractivity contribution in [3.63, 3.8) is 0 Å². The average molecular weight is 582 g/mol. The summed E-state index contributed by atoms with van der Waals surface area (Å²) in [5.41, 5.74) is 4.71. The van der Waals surface area contributed by atoms with Crippen molar-refractivity contribution in [2.24, 2.45) is 7.05 Å². The van der Waals surface area contributed by atoms with Crippen molar-refractivity contribution in [2.75, 3.05) is 19.8 Å². The van der Waals surface area contributed by atoms with Crippen LogP contribution in [0.5, 0.6) is 5.75 Å². The first-order valence-corrected chi connectivity index (χ1v) is 14.9. The largest absolute Gasteiger partial charge is 0.493 e. The van der Waals surface area contributed by atoms with E-state index in [2.05, 4.69) is 18.2 Å². The zero-order valence-corrected chi connectivity index (χ0v) is 24.9. The third-order valence-electron chi connectivity index (χ3n) is 8.06. The molecule has 43 heavy (non-hydrogen) atoms. The standard InChI is InChI=1S/C35H36FN3O4/c1-4-29-32-28(37-38(29)3)22-41-20-9-8-19-39-33-26(17-18-27(36)31(32)33)25(34(39)35(40)42-5-2)15-11-21-43-30-16-10-13-23-12-6-7-14-24(23)30/h6-10,12-14,16-18H,4-5,11,15,19-22H2,1-3H3/b9-8-. The third-order valence-corrected chi connectivity index (χ3v) is 8.06. The third kappa shape index (κ3) is 5.31. The lowest BCUT2D eigenvalue weighted by Gasteiger charge is -2.13. The van der Waals surface area contributed by atoms with Gasteiger partial charge in [0.05, 0.1) is 37.6 Å². The number of allylic oxidation sites excluding steroid dienone is 1. The number of aryl methyl sites for hydroxylation is 2. The highest BCUT2D eigenvalue weighted by Crippen LogP contribution is 2.40. The zero-order chi connectivity index (χ0) is 29.9. The molecule has 0 unspecified atom stereocenters. The maximum atomic E-state index is 16.1. The fraction of sp³-hybridized carbons (Fsp3) is 0.314. The van der Waals surface area contributed by atoms with Gasteiger partial charge in [-0.1, -0.05) is 55.5 Å². The van der Waals surface area contributed by atoms with E-state index in [1.165, 1.54) is 6.07 Å². The maximum Gasteiger partial charge on any atom is 0.355 e. The van der Waals surface area contributed by atoms with Crippen LogP contribution in [0.3, 0.4) is 0 Å². The van der Waals surface area contributed by atoms with Gasteiger partial charge in [0.2, 0.25) is 0 Å². The quantitative estimate of drug-likeness (QED) is 0.110. The van der Waals surface area contributed by atoms with E-state index in [0.29, 0.717) is 61.5 Å². The molecule has 0 N–H and O–H groups in total. The van der Waals surface area contributed by atoms with Crippen LogP contribution in [-0.4, -0.2) is 40.1 Å². The first-order valence-electron chi connectivity index (χ1n) is 14.9. The molecule has 5 aromatic rings. The van der Waals surface area contributed by atoms with E-state index in [-0.39, 0.29) is 19.0 Å². The predicted octanol–water partition coefficient (Wildman–Crippen LogP) is 7.17. The summed E-state index contributed by atoms with van der Waals surface area (Å²) < 4.78 is 37.5. The Labute approximate surface area is 250 Å². The molecule has 222 valence electrons. The van der Waals surface area contributed by atoms with Gasteiger partial charge in [-0.15, -0.1) is 0 Å². The van der Waals surface area contributed by atoms with Gasteiger partial charge in [-0.25, -0.2) is 9.18 Å². The summed E-state index contributed by atoms with van der Waals surface area (Å²) in [7, 11) is 1.88. The first-order chi connectivity index (χ1) is 21.0. The van der Waals surface area contributed by atoms with Crippen LogP contribution in [0, 0.1) is 5.82 Å². The second kappa shape index (κ2) is 12.4. The minimum Gasteiger partial charge on any atom is -0.493 e. The molecule has 0 atom stereocenters. The second-order valence-electron chi connectivity index (χ2n) is 10.6. The van der Waals surface area contributed by atoms with Crippen LogP contribution >= 0.6 is 0 Å². The van der Waals surface area contributed by atoms with Crippen molar-refractivity contribution in [1.82, 2.24) is 14.3 Å². The lowest BCUT2D eigenvalue weighted by molar-refractivity contribution is 0.0513. The average Bonchev–Trinajstić information content (AvgIpc) is 3.49. The molecule has 3 aromatic carbocycles. The van der Waals surface area contributed by atoms with Crippen molar-refractivity contribution in [1.29, 1.82) is 0 Å². The van der Waals surface area contributed by atoms with Crippen molar-refractivity contribution in [3.8, 4) is 16.9 Å². The number of hydrogen-bond acceptors (Lipinski definition) is 5. The summed E-state index contributed by atoms with van der Waals surface area (Å²) in [5.74, 6) is 0.0462. The van der Waals surface area contributed by atoms with Crippen LogP contribution in [0.25, 0.3) is 32.8 Å². The Morgan fingerprint density at radius 3 is 2.70 bits per heavy atom. The molecular weight excluding hydrogens is 545 g/mol. The molecule has 0 saturated heterocycles. The minimum absolute atomic E-state index is 0.238. The Morgan fingerprint density at radius 1 is 1.02 bits per heavy atom. The molecule has 3 heterocycles. The van der Waals surface area contributed by atoms with Crippen LogP contribution in [0.1, 0.15) is 47.7 Å². The van der Waals surface area contributed by atoms with Gasteiger partial charge in [-0.3, -0.25) is 4.68 Å². The summed E-state index contributed by atoms with van der Waals surface area (Å²) in [6, 6.07) is 17.5. The first kappa shape index (κ1) is 28.7. The lowest BCUT2D eigenvalue weighted by atomic mass is 9.96. The molecule has 6 rings (SSSR count). The molecule has 0 radical (unpaired) electrons. The predicted molar refractivity (Wildman–Crippen MR) is 166 cm³/mol. The number of ether oxygens (including phenoxy) is 3. The van der Waals surface area contributed by atoms with Crippen molar-refractivity contribution < 1.29 is 23.4 Å². The van der Waals surface area contributed by atoms with E-state index in [4.69, 9.17) is 19.3 Å². The number of fused-ring (bicyclic) bond motifs is 3. The van der Waals surface area contributed by atoms with Crippen molar-refractivity contribution >= 4 is 27.6 Å². The molecule has 1 aliphatic rings. The number of nitrogens with zero attached hydrogens (tertiary/aromatic N) is 3. The fourth-order valence-electron chi connectivity index (χ4n) is 6.24. The Kier molecular flexibility index (Phi) is 8.29. The molecule has 0 amide bonds. The van der Waals surface area contributed by atoms with Gasteiger partial charge in [0.1, 0.15) is 17.3 Å². The Hall–Kier alpha value is -4.43. The summed E-state index contributed by atoms with van der Waals surface area (Å²) in [6.07, 6.45) is 5.75. The molecule has 0 aliphatic carbocycles. The van der Waals surface area contributed by atoms with E-state index < -0.39 is 5.97 Å². The lowest BCUT2D eigenvalue weighted by Crippen LogP contribution is -2.15. The molecular formula is C35H36FN3O4. The number of halogens is 1. The molecule has 7 nitrogen and oxygen atoms in total. The highest BCUT2D eigenvalue weighted by molar-refractivity contribution is 6.05. The number of rotatable bonds is 8. The monoisotopic (exact) mass is 581 g/mol.